The molecule has 6 heteroatoms. The molecular weight excluding hydrogens is 328 g/mol. The zero-order valence-corrected chi connectivity index (χ0v) is 16.8. The van der Waals surface area contributed by atoms with Gasteiger partial charge in [-0.2, -0.15) is 4.98 Å². The summed E-state index contributed by atoms with van der Waals surface area (Å²) >= 11 is 0. The highest BCUT2D eigenvalue weighted by atomic mass is 16.5. The SMILES string of the molecule is CCC(CC)c1ccc(OC)c2nc(Oc3nn(C)c(C)c3C)n(C)c12. The molecule has 0 saturated heterocycles. The van der Waals surface area contributed by atoms with Crippen LogP contribution >= 0.6 is 0 Å². The first-order valence-corrected chi connectivity index (χ1v) is 9.14. The van der Waals surface area contributed by atoms with Crippen molar-refractivity contribution in [3.63, 3.8) is 0 Å². The van der Waals surface area contributed by atoms with E-state index in [0.29, 0.717) is 17.8 Å². The van der Waals surface area contributed by atoms with Crippen LogP contribution in [0.5, 0.6) is 17.6 Å². The van der Waals surface area contributed by atoms with Crippen LogP contribution in [0.1, 0.15) is 49.4 Å². The predicted octanol–water partition coefficient (Wildman–Crippen LogP) is 4.63. The normalized spacial score (nSPS) is 11.5. The molecule has 0 radical (unpaired) electrons. The van der Waals surface area contributed by atoms with Gasteiger partial charge in [0, 0.05) is 25.4 Å². The second-order valence-corrected chi connectivity index (χ2v) is 6.76. The average Bonchev–Trinajstić information content (AvgIpc) is 3.09. The van der Waals surface area contributed by atoms with E-state index in [-0.39, 0.29) is 0 Å². The lowest BCUT2D eigenvalue weighted by Crippen LogP contribution is -2.02. The predicted molar refractivity (Wildman–Crippen MR) is 103 cm³/mol. The number of aromatic nitrogens is 4. The van der Waals surface area contributed by atoms with Gasteiger partial charge in [0.05, 0.1) is 12.6 Å². The van der Waals surface area contributed by atoms with Crippen molar-refractivity contribution in [2.45, 2.75) is 46.5 Å². The van der Waals surface area contributed by atoms with E-state index < -0.39 is 0 Å². The van der Waals surface area contributed by atoms with Crippen molar-refractivity contribution >= 4 is 11.0 Å². The van der Waals surface area contributed by atoms with Gasteiger partial charge in [0.1, 0.15) is 11.3 Å². The highest BCUT2D eigenvalue weighted by Gasteiger charge is 2.22. The van der Waals surface area contributed by atoms with Crippen LogP contribution in [0.15, 0.2) is 12.1 Å². The van der Waals surface area contributed by atoms with Crippen LogP contribution < -0.4 is 9.47 Å². The molecule has 0 unspecified atom stereocenters. The van der Waals surface area contributed by atoms with Gasteiger partial charge in [-0.15, -0.1) is 5.10 Å². The molecule has 2 heterocycles. The number of methoxy groups -OCH3 is 1. The molecule has 0 spiro atoms. The Morgan fingerprint density at radius 2 is 1.81 bits per heavy atom. The van der Waals surface area contributed by atoms with Crippen LogP contribution in [0.4, 0.5) is 0 Å². The third-order valence-electron chi connectivity index (χ3n) is 5.40. The molecule has 6 nitrogen and oxygen atoms in total. The fraction of sp³-hybridized carbons (Fsp3) is 0.500. The fourth-order valence-corrected chi connectivity index (χ4v) is 3.48. The van der Waals surface area contributed by atoms with E-state index in [1.807, 2.05) is 43.3 Å². The van der Waals surface area contributed by atoms with Crippen LogP contribution in [-0.4, -0.2) is 26.4 Å². The van der Waals surface area contributed by atoms with Gasteiger partial charge >= 0.3 is 6.01 Å². The third-order valence-corrected chi connectivity index (χ3v) is 5.40. The van der Waals surface area contributed by atoms with E-state index in [0.717, 1.165) is 40.9 Å². The highest BCUT2D eigenvalue weighted by molar-refractivity contribution is 5.86. The molecule has 0 atom stereocenters. The van der Waals surface area contributed by atoms with Crippen molar-refractivity contribution < 1.29 is 9.47 Å². The van der Waals surface area contributed by atoms with Crippen LogP contribution in [0.2, 0.25) is 0 Å². The van der Waals surface area contributed by atoms with Crippen molar-refractivity contribution in [3.05, 3.63) is 29.0 Å². The largest absolute Gasteiger partial charge is 0.494 e. The number of nitrogens with zero attached hydrogens (tertiary/aromatic N) is 4. The summed E-state index contributed by atoms with van der Waals surface area (Å²) < 4.78 is 15.5. The number of rotatable bonds is 6. The molecule has 0 bridgehead atoms. The average molecular weight is 356 g/mol. The number of hydrogen-bond donors (Lipinski definition) is 0. The zero-order chi connectivity index (χ0) is 19.0. The number of benzene rings is 1. The van der Waals surface area contributed by atoms with Crippen molar-refractivity contribution in [1.82, 2.24) is 19.3 Å². The first kappa shape index (κ1) is 18.3. The van der Waals surface area contributed by atoms with E-state index in [1.165, 1.54) is 5.56 Å². The van der Waals surface area contributed by atoms with Crippen LogP contribution in [0.3, 0.4) is 0 Å². The molecule has 3 aromatic rings. The fourth-order valence-electron chi connectivity index (χ4n) is 3.48. The molecule has 0 saturated carbocycles. The van der Waals surface area contributed by atoms with E-state index in [4.69, 9.17) is 14.5 Å². The van der Waals surface area contributed by atoms with Gasteiger partial charge < -0.3 is 9.47 Å². The minimum atomic E-state index is 0.477. The van der Waals surface area contributed by atoms with Gasteiger partial charge in [-0.3, -0.25) is 9.25 Å². The molecule has 0 amide bonds. The zero-order valence-electron chi connectivity index (χ0n) is 16.8. The quantitative estimate of drug-likeness (QED) is 0.646. The maximum atomic E-state index is 6.09. The minimum absolute atomic E-state index is 0.477. The molecule has 1 aromatic carbocycles. The van der Waals surface area contributed by atoms with Gasteiger partial charge in [0.25, 0.3) is 0 Å². The highest BCUT2D eigenvalue weighted by Crippen LogP contribution is 2.37. The number of fused-ring (bicyclic) bond motifs is 1. The monoisotopic (exact) mass is 356 g/mol. The topological polar surface area (TPSA) is 54.1 Å². The summed E-state index contributed by atoms with van der Waals surface area (Å²) in [6, 6.07) is 4.68. The van der Waals surface area contributed by atoms with E-state index in [2.05, 4.69) is 25.0 Å². The summed E-state index contributed by atoms with van der Waals surface area (Å²) in [6.45, 7) is 8.48. The smallest absolute Gasteiger partial charge is 0.304 e. The Morgan fingerprint density at radius 3 is 2.35 bits per heavy atom. The van der Waals surface area contributed by atoms with Gasteiger partial charge in [-0.25, -0.2) is 0 Å². The Bertz CT molecular complexity index is 935. The van der Waals surface area contributed by atoms with Crippen LogP contribution in [-0.2, 0) is 14.1 Å². The molecule has 0 aliphatic heterocycles. The Morgan fingerprint density at radius 1 is 1.12 bits per heavy atom. The standard InChI is InChI=1S/C20H28N4O2/c1-8-14(9-2)15-10-11-16(25-7)17-18(15)23(5)20(21-17)26-19-12(3)13(4)24(6)22-19/h10-11,14H,8-9H2,1-7H3. The first-order valence-electron chi connectivity index (χ1n) is 9.14. The summed E-state index contributed by atoms with van der Waals surface area (Å²) in [7, 11) is 5.58. The lowest BCUT2D eigenvalue weighted by molar-refractivity contribution is 0.402. The summed E-state index contributed by atoms with van der Waals surface area (Å²) in [6.07, 6.45) is 2.16. The first-order chi connectivity index (χ1) is 12.4. The molecular formula is C20H28N4O2. The van der Waals surface area contributed by atoms with Gasteiger partial charge in [0.2, 0.25) is 5.88 Å². The van der Waals surface area contributed by atoms with Gasteiger partial charge in [-0.05, 0) is 44.2 Å². The second-order valence-electron chi connectivity index (χ2n) is 6.76. The van der Waals surface area contributed by atoms with Crippen molar-refractivity contribution in [3.8, 4) is 17.6 Å². The maximum Gasteiger partial charge on any atom is 0.304 e. The Labute approximate surface area is 154 Å². The Hall–Kier alpha value is -2.50. The lowest BCUT2D eigenvalue weighted by atomic mass is 9.92. The minimum Gasteiger partial charge on any atom is -0.494 e. The number of aryl methyl sites for hydroxylation is 2. The second kappa shape index (κ2) is 7.02. The molecule has 0 aliphatic rings. The number of ether oxygens (including phenoxy) is 2. The molecule has 3 rings (SSSR count). The van der Waals surface area contributed by atoms with E-state index >= 15 is 0 Å². The van der Waals surface area contributed by atoms with Crippen LogP contribution in [0.25, 0.3) is 11.0 Å². The number of imidazole rings is 1. The van der Waals surface area contributed by atoms with E-state index in [1.54, 1.807) is 7.11 Å². The molecule has 0 aliphatic carbocycles. The van der Waals surface area contributed by atoms with E-state index in [9.17, 15) is 0 Å². The molecule has 0 N–H and O–H groups in total. The summed E-state index contributed by atoms with van der Waals surface area (Å²) in [5.74, 6) is 1.83. The van der Waals surface area contributed by atoms with Crippen molar-refractivity contribution in [1.29, 1.82) is 0 Å². The third kappa shape index (κ3) is 2.83. The van der Waals surface area contributed by atoms with Crippen LogP contribution in [0, 0.1) is 13.8 Å². The van der Waals surface area contributed by atoms with Gasteiger partial charge in [-0.1, -0.05) is 19.9 Å². The van der Waals surface area contributed by atoms with Gasteiger partial charge in [0.15, 0.2) is 0 Å². The Kier molecular flexibility index (Phi) is 4.94. The van der Waals surface area contributed by atoms with Crippen molar-refractivity contribution in [2.24, 2.45) is 14.1 Å². The summed E-state index contributed by atoms with van der Waals surface area (Å²) in [5, 5.41) is 4.46. The molecule has 0 fully saturated rings. The lowest BCUT2D eigenvalue weighted by Gasteiger charge is -2.16. The summed E-state index contributed by atoms with van der Waals surface area (Å²) in [5.41, 5.74) is 5.28. The maximum absolute atomic E-state index is 6.09. The number of hydrogen-bond acceptors (Lipinski definition) is 4. The molecule has 2 aromatic heterocycles. The molecule has 140 valence electrons. The summed E-state index contributed by atoms with van der Waals surface area (Å²) in [4.78, 5) is 4.74. The van der Waals surface area contributed by atoms with Crippen molar-refractivity contribution in [2.75, 3.05) is 7.11 Å². The Balaban J connectivity index is 2.17. The molecule has 26 heavy (non-hydrogen) atoms.